The summed E-state index contributed by atoms with van der Waals surface area (Å²) in [6.45, 7) is 0.887. The molecule has 1 heterocycles. The largest absolute Gasteiger partial charge is 0.481 e. The van der Waals surface area contributed by atoms with Crippen LogP contribution in [0.5, 0.6) is 0 Å². The van der Waals surface area contributed by atoms with Crippen LogP contribution in [0.15, 0.2) is 0 Å². The summed E-state index contributed by atoms with van der Waals surface area (Å²) >= 11 is 0. The predicted molar refractivity (Wildman–Crippen MR) is 54.1 cm³/mol. The van der Waals surface area contributed by atoms with Gasteiger partial charge in [0.05, 0.1) is 5.92 Å². The summed E-state index contributed by atoms with van der Waals surface area (Å²) in [4.78, 5) is 11.1. The Kier molecular flexibility index (Phi) is 3.06. The van der Waals surface area contributed by atoms with Crippen molar-refractivity contribution >= 4 is 5.97 Å². The normalized spacial score (nSPS) is 38.4. The number of hydrogen-bond donors (Lipinski definition) is 2. The average Bonchev–Trinajstić information content (AvgIpc) is 2.41. The zero-order valence-electron chi connectivity index (χ0n) is 8.54. The summed E-state index contributed by atoms with van der Waals surface area (Å²) in [5, 5.41) is 12.6. The Morgan fingerprint density at radius 1 is 1.14 bits per heavy atom. The fourth-order valence-electron chi connectivity index (χ4n) is 3.02. The Balaban J connectivity index is 2.08. The third-order valence-electron chi connectivity index (χ3n) is 3.77. The second kappa shape index (κ2) is 4.30. The van der Waals surface area contributed by atoms with E-state index in [1.54, 1.807) is 0 Å². The van der Waals surface area contributed by atoms with Crippen LogP contribution in [-0.2, 0) is 4.79 Å². The van der Waals surface area contributed by atoms with Crippen LogP contribution in [0.2, 0.25) is 0 Å². The fraction of sp³-hybridized carbons (Fsp3) is 0.909. The molecule has 3 nitrogen and oxygen atoms in total. The van der Waals surface area contributed by atoms with Gasteiger partial charge in [-0.2, -0.15) is 0 Å². The number of aliphatic carboxylic acids is 1. The number of rotatable bonds is 1. The van der Waals surface area contributed by atoms with Crippen molar-refractivity contribution in [2.24, 2.45) is 11.8 Å². The lowest BCUT2D eigenvalue weighted by Gasteiger charge is -2.35. The molecule has 0 aromatic heterocycles. The van der Waals surface area contributed by atoms with Gasteiger partial charge in [0.2, 0.25) is 0 Å². The molecular weight excluding hydrogens is 178 g/mol. The summed E-state index contributed by atoms with van der Waals surface area (Å²) in [5.41, 5.74) is 0. The molecule has 2 aliphatic rings. The van der Waals surface area contributed by atoms with Crippen molar-refractivity contribution in [2.75, 3.05) is 6.54 Å². The van der Waals surface area contributed by atoms with Crippen LogP contribution in [0, 0.1) is 11.8 Å². The maximum absolute atomic E-state index is 11.1. The molecule has 2 rings (SSSR count). The zero-order valence-corrected chi connectivity index (χ0v) is 8.54. The molecule has 0 aromatic carbocycles. The number of hydrogen-bond acceptors (Lipinski definition) is 2. The third kappa shape index (κ3) is 1.92. The van der Waals surface area contributed by atoms with E-state index in [0.29, 0.717) is 12.0 Å². The molecule has 0 bridgehead atoms. The minimum atomic E-state index is -0.580. The Morgan fingerprint density at radius 2 is 1.93 bits per heavy atom. The molecule has 0 spiro atoms. The summed E-state index contributed by atoms with van der Waals surface area (Å²) in [5.74, 6) is -0.272. The van der Waals surface area contributed by atoms with E-state index in [1.807, 2.05) is 0 Å². The van der Waals surface area contributed by atoms with Gasteiger partial charge in [0.1, 0.15) is 0 Å². The third-order valence-corrected chi connectivity index (χ3v) is 3.77. The van der Waals surface area contributed by atoms with Crippen molar-refractivity contribution in [1.82, 2.24) is 5.32 Å². The lowest BCUT2D eigenvalue weighted by Crippen LogP contribution is -2.47. The molecule has 2 fully saturated rings. The van der Waals surface area contributed by atoms with Crippen molar-refractivity contribution in [3.8, 4) is 0 Å². The zero-order chi connectivity index (χ0) is 9.97. The smallest absolute Gasteiger partial charge is 0.306 e. The van der Waals surface area contributed by atoms with Crippen molar-refractivity contribution in [2.45, 2.75) is 44.6 Å². The van der Waals surface area contributed by atoms with E-state index in [9.17, 15) is 4.79 Å². The molecule has 3 heteroatoms. The molecule has 2 N–H and O–H groups in total. The molecule has 1 saturated heterocycles. The van der Waals surface area contributed by atoms with E-state index in [4.69, 9.17) is 5.11 Å². The van der Waals surface area contributed by atoms with Gasteiger partial charge in [-0.25, -0.2) is 0 Å². The molecule has 1 aliphatic heterocycles. The first-order valence-corrected chi connectivity index (χ1v) is 5.75. The number of nitrogens with one attached hydrogen (secondary N) is 1. The number of piperidine rings is 1. The van der Waals surface area contributed by atoms with Gasteiger partial charge >= 0.3 is 5.97 Å². The Hall–Kier alpha value is -0.570. The highest BCUT2D eigenvalue weighted by Crippen LogP contribution is 2.33. The first kappa shape index (κ1) is 9.97. The molecule has 0 amide bonds. The van der Waals surface area contributed by atoms with Gasteiger partial charge in [-0.05, 0) is 31.7 Å². The lowest BCUT2D eigenvalue weighted by atomic mass is 9.78. The van der Waals surface area contributed by atoms with E-state index < -0.39 is 5.97 Å². The Bertz CT molecular complexity index is 217. The monoisotopic (exact) mass is 197 g/mol. The molecule has 80 valence electrons. The van der Waals surface area contributed by atoms with Crippen LogP contribution in [0.25, 0.3) is 0 Å². The first-order valence-electron chi connectivity index (χ1n) is 5.75. The van der Waals surface area contributed by atoms with Crippen LogP contribution in [0.4, 0.5) is 0 Å². The maximum Gasteiger partial charge on any atom is 0.306 e. The van der Waals surface area contributed by atoms with Crippen LogP contribution in [-0.4, -0.2) is 23.7 Å². The average molecular weight is 197 g/mol. The van der Waals surface area contributed by atoms with Gasteiger partial charge in [-0.15, -0.1) is 0 Å². The number of carboxylic acids is 1. The van der Waals surface area contributed by atoms with E-state index in [1.165, 1.54) is 25.7 Å². The predicted octanol–water partition coefficient (Wildman–Crippen LogP) is 1.63. The summed E-state index contributed by atoms with van der Waals surface area (Å²) in [6.07, 6.45) is 6.85. The highest BCUT2D eigenvalue weighted by Gasteiger charge is 2.37. The van der Waals surface area contributed by atoms with E-state index in [0.717, 1.165) is 19.4 Å². The highest BCUT2D eigenvalue weighted by molar-refractivity contribution is 5.70. The molecule has 3 atom stereocenters. The van der Waals surface area contributed by atoms with Crippen LogP contribution in [0.3, 0.4) is 0 Å². The molecule has 14 heavy (non-hydrogen) atoms. The van der Waals surface area contributed by atoms with E-state index >= 15 is 0 Å². The molecule has 3 unspecified atom stereocenters. The van der Waals surface area contributed by atoms with Gasteiger partial charge in [0.15, 0.2) is 0 Å². The SMILES string of the molecule is O=C(O)C1CCNC2CCCCCC21. The van der Waals surface area contributed by atoms with Crippen LogP contribution >= 0.6 is 0 Å². The summed E-state index contributed by atoms with van der Waals surface area (Å²) in [6, 6.07) is 0.479. The number of carbonyl (C=O) groups is 1. The van der Waals surface area contributed by atoms with Crippen molar-refractivity contribution < 1.29 is 9.90 Å². The van der Waals surface area contributed by atoms with Gasteiger partial charge < -0.3 is 10.4 Å². The van der Waals surface area contributed by atoms with Crippen molar-refractivity contribution in [3.63, 3.8) is 0 Å². The second-order valence-corrected chi connectivity index (χ2v) is 4.60. The summed E-state index contributed by atoms with van der Waals surface area (Å²) < 4.78 is 0. The highest BCUT2D eigenvalue weighted by atomic mass is 16.4. The first-order chi connectivity index (χ1) is 6.79. The molecule has 0 radical (unpaired) electrons. The van der Waals surface area contributed by atoms with Gasteiger partial charge in [0.25, 0.3) is 0 Å². The molecule has 1 saturated carbocycles. The summed E-state index contributed by atoms with van der Waals surface area (Å²) in [7, 11) is 0. The minimum absolute atomic E-state index is 0.0839. The standard InChI is InChI=1S/C11H19NO2/c13-11(14)9-6-7-12-10-5-3-1-2-4-8(9)10/h8-10,12H,1-7H2,(H,13,14). The Labute approximate surface area is 84.9 Å². The molecular formula is C11H19NO2. The van der Waals surface area contributed by atoms with Crippen LogP contribution < -0.4 is 5.32 Å². The minimum Gasteiger partial charge on any atom is -0.481 e. The second-order valence-electron chi connectivity index (χ2n) is 4.60. The van der Waals surface area contributed by atoms with Gasteiger partial charge in [-0.1, -0.05) is 19.3 Å². The molecule has 0 aromatic rings. The maximum atomic E-state index is 11.1. The quantitative estimate of drug-likeness (QED) is 0.671. The topological polar surface area (TPSA) is 49.3 Å². The van der Waals surface area contributed by atoms with E-state index in [2.05, 4.69) is 5.32 Å². The lowest BCUT2D eigenvalue weighted by molar-refractivity contribution is -0.145. The number of carboxylic acid groups (broad SMARTS) is 1. The Morgan fingerprint density at radius 3 is 2.71 bits per heavy atom. The van der Waals surface area contributed by atoms with E-state index in [-0.39, 0.29) is 5.92 Å². The number of fused-ring (bicyclic) bond motifs is 1. The molecule has 1 aliphatic carbocycles. The van der Waals surface area contributed by atoms with Gasteiger partial charge in [-0.3, -0.25) is 4.79 Å². The van der Waals surface area contributed by atoms with Crippen LogP contribution in [0.1, 0.15) is 38.5 Å². The van der Waals surface area contributed by atoms with Crippen molar-refractivity contribution in [3.05, 3.63) is 0 Å². The fourth-order valence-corrected chi connectivity index (χ4v) is 3.02. The van der Waals surface area contributed by atoms with Gasteiger partial charge in [0, 0.05) is 6.04 Å². The van der Waals surface area contributed by atoms with Crippen molar-refractivity contribution in [1.29, 1.82) is 0 Å².